The zero-order valence-electron chi connectivity index (χ0n) is 10.6. The molecule has 3 nitrogen and oxygen atoms in total. The Morgan fingerprint density at radius 1 is 1.47 bits per heavy atom. The maximum Gasteiger partial charge on any atom is 0.107 e. The summed E-state index contributed by atoms with van der Waals surface area (Å²) in [6.07, 6.45) is 2.44. The van der Waals surface area contributed by atoms with E-state index in [1.807, 2.05) is 19.9 Å². The Bertz CT molecular complexity index is 450. The maximum atomic E-state index is 5.78. The van der Waals surface area contributed by atoms with Gasteiger partial charge < -0.3 is 11.1 Å². The molecule has 0 aromatic carbocycles. The SMILES string of the molecule is Cc1cc(NC2CC(C)C2)c(C(N)=S)c(C)n1. The van der Waals surface area contributed by atoms with Crippen molar-refractivity contribution in [3.63, 3.8) is 0 Å². The van der Waals surface area contributed by atoms with Crippen molar-refractivity contribution in [1.29, 1.82) is 0 Å². The molecule has 1 heterocycles. The number of hydrogen-bond acceptors (Lipinski definition) is 3. The fraction of sp³-hybridized carbons (Fsp3) is 0.538. The van der Waals surface area contributed by atoms with Crippen LogP contribution in [0.3, 0.4) is 0 Å². The van der Waals surface area contributed by atoms with E-state index in [1.54, 1.807) is 0 Å². The van der Waals surface area contributed by atoms with Crippen LogP contribution in [-0.4, -0.2) is 16.0 Å². The summed E-state index contributed by atoms with van der Waals surface area (Å²) >= 11 is 5.11. The van der Waals surface area contributed by atoms with Crippen LogP contribution in [0.4, 0.5) is 5.69 Å². The second kappa shape index (κ2) is 4.61. The summed E-state index contributed by atoms with van der Waals surface area (Å²) in [5, 5.41) is 3.53. The van der Waals surface area contributed by atoms with Gasteiger partial charge in [-0.05, 0) is 38.7 Å². The summed E-state index contributed by atoms with van der Waals surface area (Å²) in [5.74, 6) is 0.824. The highest BCUT2D eigenvalue weighted by atomic mass is 32.1. The van der Waals surface area contributed by atoms with E-state index in [0.29, 0.717) is 11.0 Å². The molecule has 0 atom stereocenters. The monoisotopic (exact) mass is 249 g/mol. The summed E-state index contributed by atoms with van der Waals surface area (Å²) in [6.45, 7) is 6.22. The van der Waals surface area contributed by atoms with Gasteiger partial charge in [0.15, 0.2) is 0 Å². The Morgan fingerprint density at radius 3 is 2.65 bits per heavy atom. The highest BCUT2D eigenvalue weighted by Crippen LogP contribution is 2.31. The third kappa shape index (κ3) is 2.57. The van der Waals surface area contributed by atoms with Crippen LogP contribution >= 0.6 is 12.2 Å². The lowest BCUT2D eigenvalue weighted by atomic mass is 9.81. The quantitative estimate of drug-likeness (QED) is 0.808. The molecule has 1 saturated carbocycles. The molecule has 0 bridgehead atoms. The molecule has 1 aromatic rings. The smallest absolute Gasteiger partial charge is 0.107 e. The van der Waals surface area contributed by atoms with E-state index in [2.05, 4.69) is 17.2 Å². The minimum atomic E-state index is 0.421. The Balaban J connectivity index is 2.27. The summed E-state index contributed by atoms with van der Waals surface area (Å²) in [4.78, 5) is 4.84. The van der Waals surface area contributed by atoms with Crippen molar-refractivity contribution in [2.45, 2.75) is 39.7 Å². The van der Waals surface area contributed by atoms with Crippen LogP contribution in [0.15, 0.2) is 6.07 Å². The first kappa shape index (κ1) is 12.3. The number of aryl methyl sites for hydroxylation is 2. The molecule has 0 spiro atoms. The standard InChI is InChI=1S/C13H19N3S/c1-7-4-10(5-7)16-11-6-8(2)15-9(3)12(11)13(14)17/h6-7,10H,4-5H2,1-3H3,(H2,14,17)(H,15,16). The van der Waals surface area contributed by atoms with E-state index in [1.165, 1.54) is 12.8 Å². The number of nitrogens with zero attached hydrogens (tertiary/aromatic N) is 1. The molecule has 92 valence electrons. The molecule has 0 amide bonds. The first-order valence-corrected chi connectivity index (χ1v) is 6.42. The van der Waals surface area contributed by atoms with Crippen LogP contribution in [-0.2, 0) is 0 Å². The first-order valence-electron chi connectivity index (χ1n) is 6.02. The molecule has 3 N–H and O–H groups in total. The molecule has 17 heavy (non-hydrogen) atoms. The number of nitrogens with two attached hydrogens (primary N) is 1. The molecule has 0 saturated heterocycles. The molecular formula is C13H19N3S. The van der Waals surface area contributed by atoms with Gasteiger partial charge >= 0.3 is 0 Å². The Kier molecular flexibility index (Phi) is 3.33. The number of hydrogen-bond donors (Lipinski definition) is 2. The van der Waals surface area contributed by atoms with Gasteiger partial charge in [0.05, 0.1) is 5.56 Å². The van der Waals surface area contributed by atoms with E-state index in [9.17, 15) is 0 Å². The second-order valence-corrected chi connectivity index (χ2v) is 5.49. The number of rotatable bonds is 3. The number of pyridine rings is 1. The van der Waals surface area contributed by atoms with E-state index in [-0.39, 0.29) is 0 Å². The molecule has 1 aliphatic carbocycles. The molecule has 0 radical (unpaired) electrons. The lowest BCUT2D eigenvalue weighted by Gasteiger charge is -2.34. The molecule has 0 aliphatic heterocycles. The van der Waals surface area contributed by atoms with Gasteiger partial charge in [0.2, 0.25) is 0 Å². The van der Waals surface area contributed by atoms with Crippen LogP contribution in [0.5, 0.6) is 0 Å². The molecular weight excluding hydrogens is 230 g/mol. The van der Waals surface area contributed by atoms with Gasteiger partial charge in [-0.25, -0.2) is 0 Å². The molecule has 1 fully saturated rings. The normalized spacial score (nSPS) is 23.0. The molecule has 0 unspecified atom stereocenters. The fourth-order valence-corrected chi connectivity index (χ4v) is 2.75. The number of thiocarbonyl (C=S) groups is 1. The van der Waals surface area contributed by atoms with Crippen molar-refractivity contribution in [2.24, 2.45) is 11.7 Å². The summed E-state index contributed by atoms with van der Waals surface area (Å²) < 4.78 is 0. The molecule has 4 heteroatoms. The molecule has 1 aliphatic rings. The maximum absolute atomic E-state index is 5.78. The van der Waals surface area contributed by atoms with E-state index < -0.39 is 0 Å². The van der Waals surface area contributed by atoms with Crippen molar-refractivity contribution >= 4 is 22.9 Å². The summed E-state index contributed by atoms with van der Waals surface area (Å²) in [5.41, 5.74) is 9.62. The van der Waals surface area contributed by atoms with Crippen LogP contribution in [0, 0.1) is 19.8 Å². The van der Waals surface area contributed by atoms with E-state index >= 15 is 0 Å². The number of nitrogens with one attached hydrogen (secondary N) is 1. The van der Waals surface area contributed by atoms with E-state index in [4.69, 9.17) is 18.0 Å². The zero-order valence-corrected chi connectivity index (χ0v) is 11.4. The van der Waals surface area contributed by atoms with Gasteiger partial charge in [-0.15, -0.1) is 0 Å². The van der Waals surface area contributed by atoms with Gasteiger partial charge in [-0.3, -0.25) is 4.98 Å². The minimum absolute atomic E-state index is 0.421. The molecule has 1 aromatic heterocycles. The predicted octanol–water partition coefficient (Wildman–Crippen LogP) is 2.54. The first-order chi connectivity index (χ1) is 7.97. The number of aromatic nitrogens is 1. The highest BCUT2D eigenvalue weighted by molar-refractivity contribution is 7.80. The van der Waals surface area contributed by atoms with Crippen molar-refractivity contribution in [2.75, 3.05) is 5.32 Å². The highest BCUT2D eigenvalue weighted by Gasteiger charge is 2.26. The van der Waals surface area contributed by atoms with Gasteiger partial charge in [-0.2, -0.15) is 0 Å². The average molecular weight is 249 g/mol. The van der Waals surface area contributed by atoms with Gasteiger partial charge in [0, 0.05) is 23.1 Å². The van der Waals surface area contributed by atoms with Gasteiger partial charge in [0.1, 0.15) is 4.99 Å². The minimum Gasteiger partial charge on any atom is -0.389 e. The Hall–Kier alpha value is -1.16. The largest absolute Gasteiger partial charge is 0.389 e. The third-order valence-corrected chi connectivity index (χ3v) is 3.51. The summed E-state index contributed by atoms with van der Waals surface area (Å²) in [6, 6.07) is 2.59. The third-order valence-electron chi connectivity index (χ3n) is 3.31. The van der Waals surface area contributed by atoms with Crippen molar-refractivity contribution in [1.82, 2.24) is 4.98 Å². The average Bonchev–Trinajstić information content (AvgIpc) is 2.13. The topological polar surface area (TPSA) is 50.9 Å². The van der Waals surface area contributed by atoms with Crippen LogP contribution < -0.4 is 11.1 Å². The van der Waals surface area contributed by atoms with E-state index in [0.717, 1.165) is 28.6 Å². The second-order valence-electron chi connectivity index (χ2n) is 5.05. The Morgan fingerprint density at radius 2 is 2.12 bits per heavy atom. The van der Waals surface area contributed by atoms with Crippen LogP contribution in [0.2, 0.25) is 0 Å². The predicted molar refractivity (Wildman–Crippen MR) is 75.4 cm³/mol. The molecule has 2 rings (SSSR count). The van der Waals surface area contributed by atoms with Crippen LogP contribution in [0.25, 0.3) is 0 Å². The van der Waals surface area contributed by atoms with Gasteiger partial charge in [0.25, 0.3) is 0 Å². The zero-order chi connectivity index (χ0) is 12.6. The van der Waals surface area contributed by atoms with Crippen molar-refractivity contribution in [3.05, 3.63) is 23.0 Å². The van der Waals surface area contributed by atoms with Crippen molar-refractivity contribution < 1.29 is 0 Å². The van der Waals surface area contributed by atoms with Crippen molar-refractivity contribution in [3.8, 4) is 0 Å². The lowest BCUT2D eigenvalue weighted by molar-refractivity contribution is 0.309. The Labute approximate surface area is 108 Å². The lowest BCUT2D eigenvalue weighted by Crippen LogP contribution is -2.34. The summed E-state index contributed by atoms with van der Waals surface area (Å²) in [7, 11) is 0. The fourth-order valence-electron chi connectivity index (χ4n) is 2.49. The number of anilines is 1. The van der Waals surface area contributed by atoms with Crippen LogP contribution in [0.1, 0.15) is 36.7 Å². The van der Waals surface area contributed by atoms with Gasteiger partial charge in [-0.1, -0.05) is 19.1 Å².